The molecule has 0 aromatic heterocycles. The summed E-state index contributed by atoms with van der Waals surface area (Å²) in [6.45, 7) is -1.01. The van der Waals surface area contributed by atoms with E-state index in [1.807, 2.05) is 0 Å². The largest absolute Gasteiger partial charge is 0.493 e. The molecule has 40 heavy (non-hydrogen) atoms. The van der Waals surface area contributed by atoms with Gasteiger partial charge in [-0.05, 0) is 76.1 Å². The number of benzene rings is 3. The molecule has 5 amide bonds. The molecule has 0 spiro atoms. The highest BCUT2D eigenvalue weighted by molar-refractivity contribution is 9.10. The molecule has 1 saturated heterocycles. The summed E-state index contributed by atoms with van der Waals surface area (Å²) in [7, 11) is 1.38. The lowest BCUT2D eigenvalue weighted by Crippen LogP contribution is -2.38. The average molecular weight is 615 g/mol. The zero-order chi connectivity index (χ0) is 28.8. The summed E-state index contributed by atoms with van der Waals surface area (Å²) in [5, 5.41) is 7.29. The number of rotatable bonds is 9. The van der Waals surface area contributed by atoms with Gasteiger partial charge in [-0.2, -0.15) is 0 Å². The van der Waals surface area contributed by atoms with Crippen molar-refractivity contribution in [3.63, 3.8) is 0 Å². The van der Waals surface area contributed by atoms with Crippen molar-refractivity contribution in [3.05, 3.63) is 88.0 Å². The van der Waals surface area contributed by atoms with E-state index in [1.165, 1.54) is 61.7 Å². The molecule has 3 aromatic rings. The Morgan fingerprint density at radius 2 is 1.75 bits per heavy atom. The van der Waals surface area contributed by atoms with E-state index >= 15 is 0 Å². The average Bonchev–Trinajstić information content (AvgIpc) is 3.17. The molecule has 0 bridgehead atoms. The van der Waals surface area contributed by atoms with Crippen molar-refractivity contribution in [2.75, 3.05) is 30.9 Å². The van der Waals surface area contributed by atoms with Gasteiger partial charge in [-0.1, -0.05) is 12.1 Å². The number of amides is 5. The van der Waals surface area contributed by atoms with Gasteiger partial charge in [-0.25, -0.2) is 18.5 Å². The number of imide groups is 1. The lowest BCUT2D eigenvalue weighted by molar-refractivity contribution is -0.127. The van der Waals surface area contributed by atoms with E-state index in [1.54, 1.807) is 6.07 Å². The number of nitrogens with zero attached hydrogens (tertiary/aromatic N) is 1. The van der Waals surface area contributed by atoms with E-state index in [0.29, 0.717) is 20.6 Å². The standard InChI is InChI=1S/C27H21BrF2N4O6/c1-39-22-12-15(10-18(28)25(22)40-14-24(36)31-17-8-6-16(29)7-9-17)11-21-26(37)34(27(38)33-21)13-23(35)32-20-5-3-2-4-19(20)30/h2-12H,13-14H2,1H3,(H,31,36)(H,32,35)(H,33,38)/b21-11+. The van der Waals surface area contributed by atoms with E-state index < -0.39 is 41.9 Å². The number of anilines is 2. The van der Waals surface area contributed by atoms with Crippen molar-refractivity contribution in [2.24, 2.45) is 0 Å². The summed E-state index contributed by atoms with van der Waals surface area (Å²) in [5.74, 6) is -2.69. The van der Waals surface area contributed by atoms with Crippen molar-refractivity contribution in [1.82, 2.24) is 10.2 Å². The fourth-order valence-electron chi connectivity index (χ4n) is 3.61. The first kappa shape index (κ1) is 28.2. The van der Waals surface area contributed by atoms with Gasteiger partial charge in [0.1, 0.15) is 23.9 Å². The highest BCUT2D eigenvalue weighted by Gasteiger charge is 2.35. The van der Waals surface area contributed by atoms with Crippen LogP contribution in [0.1, 0.15) is 5.56 Å². The predicted molar refractivity (Wildman–Crippen MR) is 144 cm³/mol. The van der Waals surface area contributed by atoms with Gasteiger partial charge in [-0.15, -0.1) is 0 Å². The first-order chi connectivity index (χ1) is 19.1. The summed E-state index contributed by atoms with van der Waals surface area (Å²) in [6.07, 6.45) is 1.37. The van der Waals surface area contributed by atoms with Gasteiger partial charge in [-0.3, -0.25) is 14.4 Å². The minimum absolute atomic E-state index is 0.0810. The third-order valence-electron chi connectivity index (χ3n) is 5.45. The first-order valence-electron chi connectivity index (χ1n) is 11.6. The number of carbonyl (C=O) groups is 4. The summed E-state index contributed by atoms with van der Waals surface area (Å²) in [6, 6.07) is 13.0. The Labute approximate surface area is 235 Å². The summed E-state index contributed by atoms with van der Waals surface area (Å²) in [4.78, 5) is 50.4. The molecule has 206 valence electrons. The van der Waals surface area contributed by atoms with Crippen LogP contribution in [0.25, 0.3) is 6.08 Å². The van der Waals surface area contributed by atoms with Gasteiger partial charge in [0.05, 0.1) is 17.3 Å². The molecule has 0 aliphatic carbocycles. The molecule has 3 aromatic carbocycles. The van der Waals surface area contributed by atoms with E-state index in [-0.39, 0.29) is 29.5 Å². The molecule has 0 unspecified atom stereocenters. The molecular formula is C27H21BrF2N4O6. The van der Waals surface area contributed by atoms with E-state index in [2.05, 4.69) is 31.9 Å². The van der Waals surface area contributed by atoms with Gasteiger partial charge in [0, 0.05) is 5.69 Å². The Kier molecular flexibility index (Phi) is 8.74. The molecule has 10 nitrogen and oxygen atoms in total. The van der Waals surface area contributed by atoms with Gasteiger partial charge in [0.15, 0.2) is 18.1 Å². The van der Waals surface area contributed by atoms with Crippen LogP contribution in [0.4, 0.5) is 25.0 Å². The maximum atomic E-state index is 13.8. The third-order valence-corrected chi connectivity index (χ3v) is 6.04. The van der Waals surface area contributed by atoms with E-state index in [9.17, 15) is 28.0 Å². The minimum Gasteiger partial charge on any atom is -0.493 e. The molecule has 1 fully saturated rings. The van der Waals surface area contributed by atoms with Crippen LogP contribution in [0.3, 0.4) is 0 Å². The Morgan fingerprint density at radius 1 is 1.02 bits per heavy atom. The Balaban J connectivity index is 1.42. The number of carbonyl (C=O) groups excluding carboxylic acids is 4. The van der Waals surface area contributed by atoms with Crippen LogP contribution in [0, 0.1) is 11.6 Å². The molecule has 13 heteroatoms. The van der Waals surface area contributed by atoms with Crippen LogP contribution in [-0.2, 0) is 14.4 Å². The zero-order valence-electron chi connectivity index (χ0n) is 20.8. The Bertz CT molecular complexity index is 1510. The predicted octanol–water partition coefficient (Wildman–Crippen LogP) is 4.28. The first-order valence-corrected chi connectivity index (χ1v) is 12.4. The van der Waals surface area contributed by atoms with Crippen LogP contribution in [0.5, 0.6) is 11.5 Å². The maximum Gasteiger partial charge on any atom is 0.329 e. The summed E-state index contributed by atoms with van der Waals surface area (Å²) < 4.78 is 38.2. The van der Waals surface area contributed by atoms with Gasteiger partial charge in [0.25, 0.3) is 11.8 Å². The van der Waals surface area contributed by atoms with Crippen molar-refractivity contribution in [3.8, 4) is 11.5 Å². The third kappa shape index (κ3) is 6.80. The van der Waals surface area contributed by atoms with E-state index in [4.69, 9.17) is 9.47 Å². The normalized spacial score (nSPS) is 13.7. The lowest BCUT2D eigenvalue weighted by Gasteiger charge is -2.14. The molecule has 1 heterocycles. The van der Waals surface area contributed by atoms with E-state index in [0.717, 1.165) is 6.07 Å². The molecular weight excluding hydrogens is 594 g/mol. The minimum atomic E-state index is -0.821. The van der Waals surface area contributed by atoms with Gasteiger partial charge in [0.2, 0.25) is 5.91 Å². The van der Waals surface area contributed by atoms with Gasteiger partial charge < -0.3 is 25.4 Å². The number of para-hydroxylation sites is 1. The summed E-state index contributed by atoms with van der Waals surface area (Å²) in [5.41, 5.74) is 0.630. The van der Waals surface area contributed by atoms with Crippen LogP contribution in [0.2, 0.25) is 0 Å². The van der Waals surface area contributed by atoms with Gasteiger partial charge >= 0.3 is 6.03 Å². The molecule has 3 N–H and O–H groups in total. The van der Waals surface area contributed by atoms with Crippen molar-refractivity contribution >= 4 is 57.1 Å². The lowest BCUT2D eigenvalue weighted by atomic mass is 10.1. The molecule has 1 aliphatic rings. The zero-order valence-corrected chi connectivity index (χ0v) is 22.4. The highest BCUT2D eigenvalue weighted by atomic mass is 79.9. The smallest absolute Gasteiger partial charge is 0.329 e. The summed E-state index contributed by atoms with van der Waals surface area (Å²) >= 11 is 3.35. The molecule has 4 rings (SSSR count). The number of halogens is 3. The van der Waals surface area contributed by atoms with Crippen molar-refractivity contribution < 1.29 is 37.4 Å². The SMILES string of the molecule is COc1cc(/C=C2/NC(=O)N(CC(=O)Nc3ccccc3F)C2=O)cc(Br)c1OCC(=O)Nc1ccc(F)cc1. The number of methoxy groups -OCH3 is 1. The Morgan fingerprint density at radius 3 is 2.45 bits per heavy atom. The second-order valence-corrected chi connectivity index (χ2v) is 9.14. The molecule has 1 aliphatic heterocycles. The second-order valence-electron chi connectivity index (χ2n) is 8.29. The number of urea groups is 1. The van der Waals surface area contributed by atoms with Crippen molar-refractivity contribution in [1.29, 1.82) is 0 Å². The second kappa shape index (κ2) is 12.4. The molecule has 0 radical (unpaired) electrons. The monoisotopic (exact) mass is 614 g/mol. The highest BCUT2D eigenvalue weighted by Crippen LogP contribution is 2.37. The fourth-order valence-corrected chi connectivity index (χ4v) is 4.18. The molecule has 0 saturated carbocycles. The van der Waals surface area contributed by atoms with Crippen molar-refractivity contribution in [2.45, 2.75) is 0 Å². The quantitative estimate of drug-likeness (QED) is 0.244. The van der Waals surface area contributed by atoms with Crippen LogP contribution < -0.4 is 25.4 Å². The number of hydrogen-bond acceptors (Lipinski definition) is 6. The maximum absolute atomic E-state index is 13.8. The molecule has 0 atom stereocenters. The van der Waals surface area contributed by atoms with Crippen LogP contribution in [0.15, 0.2) is 70.8 Å². The topological polar surface area (TPSA) is 126 Å². The fraction of sp³-hybridized carbons (Fsp3) is 0.111. The number of ether oxygens (including phenoxy) is 2. The number of hydrogen-bond donors (Lipinski definition) is 3. The Hall–Kier alpha value is -4.78. The van der Waals surface area contributed by atoms with Crippen LogP contribution >= 0.6 is 15.9 Å². The number of nitrogens with one attached hydrogen (secondary N) is 3. The van der Waals surface area contributed by atoms with Crippen LogP contribution in [-0.4, -0.2) is 48.9 Å².